The quantitative estimate of drug-likeness (QED) is 0.0436. The van der Waals surface area contributed by atoms with E-state index in [9.17, 15) is 15.0 Å². The minimum absolute atomic E-state index is 0.0813. The van der Waals surface area contributed by atoms with Crippen LogP contribution in [-0.4, -0.2) is 34.9 Å². The number of hydrogen-bond acceptors (Lipinski definition) is 3. The monoisotopic (exact) mass is 716 g/mol. The zero-order valence-corrected chi connectivity index (χ0v) is 34.4. The first kappa shape index (κ1) is 49.6. The number of carbonyl (C=O) groups is 1. The van der Waals surface area contributed by atoms with Crippen molar-refractivity contribution in [3.8, 4) is 0 Å². The SMILES string of the molecule is CCCCCCCCCCCCCCCCCCCCCC/C=C/CC/C=C/CC/C=C/C(O)C(CO)NC(=O)CCCCCCCCCCC. The summed E-state index contributed by atoms with van der Waals surface area (Å²) in [6, 6.07) is -0.640. The van der Waals surface area contributed by atoms with Crippen molar-refractivity contribution >= 4 is 5.91 Å². The third-order valence-corrected chi connectivity index (χ3v) is 10.4. The Hall–Kier alpha value is -1.39. The molecule has 0 aromatic rings. The third kappa shape index (κ3) is 39.6. The van der Waals surface area contributed by atoms with E-state index in [0.29, 0.717) is 6.42 Å². The summed E-state index contributed by atoms with van der Waals surface area (Å²) in [5.41, 5.74) is 0. The van der Waals surface area contributed by atoms with E-state index < -0.39 is 12.1 Å². The molecular formula is C47H89NO3. The van der Waals surface area contributed by atoms with E-state index >= 15 is 0 Å². The molecule has 0 rings (SSSR count). The number of allylic oxidation sites excluding steroid dienone is 5. The van der Waals surface area contributed by atoms with E-state index in [1.807, 2.05) is 6.08 Å². The van der Waals surface area contributed by atoms with Crippen LogP contribution in [0.1, 0.15) is 239 Å². The van der Waals surface area contributed by atoms with Gasteiger partial charge >= 0.3 is 0 Å². The Morgan fingerprint density at radius 1 is 0.451 bits per heavy atom. The molecule has 0 spiro atoms. The van der Waals surface area contributed by atoms with E-state index in [-0.39, 0.29) is 12.5 Å². The van der Waals surface area contributed by atoms with Crippen LogP contribution in [0.25, 0.3) is 0 Å². The fourth-order valence-corrected chi connectivity index (χ4v) is 6.86. The van der Waals surface area contributed by atoms with Crippen molar-refractivity contribution in [1.82, 2.24) is 5.32 Å². The maximum absolute atomic E-state index is 12.3. The van der Waals surface area contributed by atoms with Gasteiger partial charge < -0.3 is 15.5 Å². The van der Waals surface area contributed by atoms with Gasteiger partial charge in [-0.3, -0.25) is 4.79 Å². The van der Waals surface area contributed by atoms with Crippen LogP contribution in [0.3, 0.4) is 0 Å². The lowest BCUT2D eigenvalue weighted by molar-refractivity contribution is -0.123. The number of aliphatic hydroxyl groups excluding tert-OH is 2. The predicted octanol–water partition coefficient (Wildman–Crippen LogP) is 14.2. The van der Waals surface area contributed by atoms with Crippen molar-refractivity contribution in [1.29, 1.82) is 0 Å². The summed E-state index contributed by atoms with van der Waals surface area (Å²) in [5.74, 6) is -0.0813. The van der Waals surface area contributed by atoms with Gasteiger partial charge in [0.1, 0.15) is 0 Å². The lowest BCUT2D eigenvalue weighted by Gasteiger charge is -2.19. The van der Waals surface area contributed by atoms with Crippen molar-refractivity contribution in [3.05, 3.63) is 36.5 Å². The second-order valence-corrected chi connectivity index (χ2v) is 15.5. The zero-order chi connectivity index (χ0) is 37.1. The van der Waals surface area contributed by atoms with E-state index in [4.69, 9.17) is 0 Å². The van der Waals surface area contributed by atoms with Crippen LogP contribution in [0.15, 0.2) is 36.5 Å². The first-order valence-electron chi connectivity index (χ1n) is 22.7. The summed E-state index contributed by atoms with van der Waals surface area (Å²) in [5, 5.41) is 22.9. The maximum atomic E-state index is 12.3. The summed E-state index contributed by atoms with van der Waals surface area (Å²) in [4.78, 5) is 12.3. The molecule has 0 aliphatic rings. The van der Waals surface area contributed by atoms with Crippen molar-refractivity contribution < 1.29 is 15.0 Å². The molecule has 0 saturated heterocycles. The molecule has 0 radical (unpaired) electrons. The molecule has 0 aliphatic heterocycles. The normalized spacial score (nSPS) is 13.3. The fourth-order valence-electron chi connectivity index (χ4n) is 6.86. The molecule has 0 aromatic carbocycles. The molecule has 0 bridgehead atoms. The highest BCUT2D eigenvalue weighted by Gasteiger charge is 2.17. The van der Waals surface area contributed by atoms with Crippen LogP contribution in [0.5, 0.6) is 0 Å². The minimum Gasteiger partial charge on any atom is -0.394 e. The smallest absolute Gasteiger partial charge is 0.220 e. The van der Waals surface area contributed by atoms with Crippen molar-refractivity contribution in [3.63, 3.8) is 0 Å². The average Bonchev–Trinajstić information content (AvgIpc) is 3.13. The van der Waals surface area contributed by atoms with Crippen LogP contribution in [0.2, 0.25) is 0 Å². The van der Waals surface area contributed by atoms with Gasteiger partial charge in [-0.1, -0.05) is 224 Å². The van der Waals surface area contributed by atoms with Crippen LogP contribution in [-0.2, 0) is 4.79 Å². The molecule has 0 heterocycles. The van der Waals surface area contributed by atoms with Gasteiger partial charge in [-0.2, -0.15) is 0 Å². The van der Waals surface area contributed by atoms with E-state index in [2.05, 4.69) is 43.5 Å². The molecule has 51 heavy (non-hydrogen) atoms. The summed E-state index contributed by atoms with van der Waals surface area (Å²) in [7, 11) is 0. The lowest BCUT2D eigenvalue weighted by Crippen LogP contribution is -2.45. The lowest BCUT2D eigenvalue weighted by atomic mass is 10.0. The van der Waals surface area contributed by atoms with E-state index in [0.717, 1.165) is 38.5 Å². The van der Waals surface area contributed by atoms with E-state index in [1.165, 1.54) is 180 Å². The molecule has 2 unspecified atom stereocenters. The van der Waals surface area contributed by atoms with Crippen LogP contribution in [0.4, 0.5) is 0 Å². The first-order valence-corrected chi connectivity index (χ1v) is 22.7. The molecule has 2 atom stereocenters. The van der Waals surface area contributed by atoms with Crippen LogP contribution >= 0.6 is 0 Å². The molecular weight excluding hydrogens is 627 g/mol. The Kier molecular flexibility index (Phi) is 41.8. The Labute approximate surface area is 319 Å². The van der Waals surface area contributed by atoms with Gasteiger partial charge in [-0.05, 0) is 44.9 Å². The number of rotatable bonds is 41. The highest BCUT2D eigenvalue weighted by Crippen LogP contribution is 2.16. The van der Waals surface area contributed by atoms with Gasteiger partial charge in [0.15, 0.2) is 0 Å². The van der Waals surface area contributed by atoms with Gasteiger partial charge in [0.2, 0.25) is 5.91 Å². The van der Waals surface area contributed by atoms with Crippen molar-refractivity contribution in [2.75, 3.05) is 6.61 Å². The number of unbranched alkanes of at least 4 members (excludes halogenated alkanes) is 30. The summed E-state index contributed by atoms with van der Waals surface area (Å²) in [6.45, 7) is 4.28. The number of hydrogen-bond donors (Lipinski definition) is 3. The number of nitrogens with one attached hydrogen (secondary N) is 1. The molecule has 300 valence electrons. The number of carbonyl (C=O) groups excluding carboxylic acids is 1. The average molecular weight is 716 g/mol. The van der Waals surface area contributed by atoms with Crippen molar-refractivity contribution in [2.45, 2.75) is 251 Å². The first-order chi connectivity index (χ1) is 25.2. The maximum Gasteiger partial charge on any atom is 0.220 e. The van der Waals surface area contributed by atoms with E-state index in [1.54, 1.807) is 6.08 Å². The molecule has 3 N–H and O–H groups in total. The molecule has 0 saturated carbocycles. The summed E-state index contributed by atoms with van der Waals surface area (Å²) >= 11 is 0. The van der Waals surface area contributed by atoms with Gasteiger partial charge in [-0.25, -0.2) is 0 Å². The van der Waals surface area contributed by atoms with Gasteiger partial charge in [0, 0.05) is 6.42 Å². The standard InChI is InChI=1S/C47H89NO3/c1-3-5-7-9-11-13-14-15-16-17-18-19-20-21-22-23-24-25-26-27-28-29-30-31-32-33-35-36-38-40-42-46(50)45(44-49)48-47(51)43-41-39-37-34-12-10-8-6-4-2/h29-30,33,35,40,42,45-46,49-50H,3-28,31-32,34,36-39,41,43-44H2,1-2H3,(H,48,51)/b30-29+,35-33+,42-40+. The van der Waals surface area contributed by atoms with Crippen LogP contribution in [0, 0.1) is 0 Å². The topological polar surface area (TPSA) is 69.6 Å². The second-order valence-electron chi connectivity index (χ2n) is 15.5. The Bertz CT molecular complexity index is 775. The molecule has 4 heteroatoms. The number of amides is 1. The molecule has 0 fully saturated rings. The second kappa shape index (κ2) is 43.0. The van der Waals surface area contributed by atoms with Gasteiger partial charge in [-0.15, -0.1) is 0 Å². The van der Waals surface area contributed by atoms with Crippen molar-refractivity contribution in [2.24, 2.45) is 0 Å². The third-order valence-electron chi connectivity index (χ3n) is 10.4. The highest BCUT2D eigenvalue weighted by molar-refractivity contribution is 5.76. The Morgan fingerprint density at radius 2 is 0.765 bits per heavy atom. The molecule has 0 aliphatic carbocycles. The fraction of sp³-hybridized carbons (Fsp3) is 0.851. The highest BCUT2D eigenvalue weighted by atomic mass is 16.3. The summed E-state index contributed by atoms with van der Waals surface area (Å²) < 4.78 is 0. The van der Waals surface area contributed by atoms with Crippen LogP contribution < -0.4 is 5.32 Å². The summed E-state index contributed by atoms with van der Waals surface area (Å²) in [6.07, 6.45) is 57.1. The predicted molar refractivity (Wildman–Crippen MR) is 225 cm³/mol. The Morgan fingerprint density at radius 3 is 1.14 bits per heavy atom. The Balaban J connectivity index is 3.53. The minimum atomic E-state index is -0.866. The molecule has 0 aromatic heterocycles. The van der Waals surface area contributed by atoms with Gasteiger partial charge in [0.25, 0.3) is 0 Å². The molecule has 4 nitrogen and oxygen atoms in total. The number of aliphatic hydroxyl groups is 2. The van der Waals surface area contributed by atoms with Gasteiger partial charge in [0.05, 0.1) is 18.8 Å². The molecule has 1 amide bonds. The largest absolute Gasteiger partial charge is 0.394 e. The zero-order valence-electron chi connectivity index (χ0n) is 34.4.